The fraction of sp³-hybridized carbons (Fsp3) is 0.500. The van der Waals surface area contributed by atoms with E-state index in [1.54, 1.807) is 17.9 Å². The first kappa shape index (κ1) is 16.7. The minimum atomic E-state index is -3.80. The highest BCUT2D eigenvalue weighted by Gasteiger charge is 2.17. The molecule has 0 heterocycles. The fourth-order valence-electron chi connectivity index (χ4n) is 2.07. The molecule has 0 unspecified atom stereocenters. The van der Waals surface area contributed by atoms with Crippen LogP contribution in [0.3, 0.4) is 0 Å². The molecule has 1 amide bonds. The van der Waals surface area contributed by atoms with Crippen molar-refractivity contribution in [1.29, 1.82) is 0 Å². The second kappa shape index (κ2) is 6.85. The van der Waals surface area contributed by atoms with Gasteiger partial charge in [-0.15, -0.1) is 0 Å². The number of aryl methyl sites for hydroxylation is 1. The quantitative estimate of drug-likeness (QED) is 0.871. The highest BCUT2D eigenvalue weighted by Crippen LogP contribution is 2.16. The molecule has 1 rings (SSSR count). The molecule has 112 valence electrons. The highest BCUT2D eigenvalue weighted by molar-refractivity contribution is 7.89. The van der Waals surface area contributed by atoms with Crippen molar-refractivity contribution in [3.63, 3.8) is 0 Å². The first-order valence-corrected chi connectivity index (χ1v) is 8.28. The van der Waals surface area contributed by atoms with Crippen molar-refractivity contribution in [3.8, 4) is 0 Å². The molecule has 0 bridgehead atoms. The van der Waals surface area contributed by atoms with Crippen molar-refractivity contribution in [2.45, 2.75) is 38.5 Å². The van der Waals surface area contributed by atoms with Gasteiger partial charge in [0.25, 0.3) is 5.91 Å². The maximum absolute atomic E-state index is 12.4. The van der Waals surface area contributed by atoms with Gasteiger partial charge in [0.1, 0.15) is 0 Å². The number of hydrogen-bond donors (Lipinski definition) is 1. The van der Waals surface area contributed by atoms with Crippen molar-refractivity contribution in [3.05, 3.63) is 29.3 Å². The van der Waals surface area contributed by atoms with E-state index in [2.05, 4.69) is 0 Å². The molecular weight excluding hydrogens is 276 g/mol. The second-order valence-electron chi connectivity index (χ2n) is 4.87. The maximum atomic E-state index is 12.4. The summed E-state index contributed by atoms with van der Waals surface area (Å²) in [7, 11) is -3.80. The summed E-state index contributed by atoms with van der Waals surface area (Å²) in [6.45, 7) is 7.07. The van der Waals surface area contributed by atoms with Crippen LogP contribution in [0.25, 0.3) is 0 Å². The van der Waals surface area contributed by atoms with Crippen molar-refractivity contribution in [2.24, 2.45) is 5.14 Å². The zero-order chi connectivity index (χ0) is 15.3. The molecule has 0 aliphatic carbocycles. The number of benzene rings is 1. The summed E-state index contributed by atoms with van der Waals surface area (Å²) in [6, 6.07) is 4.51. The zero-order valence-corrected chi connectivity index (χ0v) is 13.0. The van der Waals surface area contributed by atoms with E-state index >= 15 is 0 Å². The summed E-state index contributed by atoms with van der Waals surface area (Å²) in [5, 5.41) is 5.14. The minimum Gasteiger partial charge on any atom is -0.339 e. The van der Waals surface area contributed by atoms with E-state index in [-0.39, 0.29) is 10.8 Å². The third-order valence-corrected chi connectivity index (χ3v) is 3.79. The Morgan fingerprint density at radius 2 is 1.70 bits per heavy atom. The topological polar surface area (TPSA) is 80.5 Å². The van der Waals surface area contributed by atoms with Gasteiger partial charge in [0.2, 0.25) is 10.0 Å². The normalized spacial score (nSPS) is 11.4. The van der Waals surface area contributed by atoms with Crippen LogP contribution >= 0.6 is 0 Å². The first-order valence-electron chi connectivity index (χ1n) is 6.73. The predicted octanol–water partition coefficient (Wildman–Crippen LogP) is 1.90. The number of nitrogens with two attached hydrogens (primary N) is 1. The number of amides is 1. The standard InChI is InChI=1S/C14H22N2O3S/c1-4-6-16(7-5-2)14(17)12-8-11(3)9-13(10-12)20(15,18)19/h8-10H,4-7H2,1-3H3,(H2,15,18,19). The molecule has 1 aromatic rings. The zero-order valence-electron chi connectivity index (χ0n) is 12.2. The Labute approximate surface area is 120 Å². The van der Waals surface area contributed by atoms with Crippen LogP contribution in [0, 0.1) is 6.92 Å². The van der Waals surface area contributed by atoms with Crippen molar-refractivity contribution in [2.75, 3.05) is 13.1 Å². The molecule has 0 aliphatic heterocycles. The van der Waals surface area contributed by atoms with Gasteiger partial charge in [0.15, 0.2) is 0 Å². The Balaban J connectivity index is 3.18. The van der Waals surface area contributed by atoms with Gasteiger partial charge in [-0.2, -0.15) is 0 Å². The summed E-state index contributed by atoms with van der Waals surface area (Å²) in [5.74, 6) is -0.151. The molecule has 0 fully saturated rings. The molecule has 20 heavy (non-hydrogen) atoms. The lowest BCUT2D eigenvalue weighted by molar-refractivity contribution is 0.0755. The van der Waals surface area contributed by atoms with E-state index in [0.717, 1.165) is 12.8 Å². The number of hydrogen-bond acceptors (Lipinski definition) is 3. The van der Waals surface area contributed by atoms with Crippen molar-refractivity contribution in [1.82, 2.24) is 4.90 Å². The molecule has 0 saturated carbocycles. The molecule has 2 N–H and O–H groups in total. The van der Waals surface area contributed by atoms with Crippen LogP contribution in [0.5, 0.6) is 0 Å². The summed E-state index contributed by atoms with van der Waals surface area (Å²) in [4.78, 5) is 14.2. The number of primary sulfonamides is 1. The smallest absolute Gasteiger partial charge is 0.253 e. The molecule has 0 saturated heterocycles. The largest absolute Gasteiger partial charge is 0.339 e. The van der Waals surface area contributed by atoms with E-state index in [4.69, 9.17) is 5.14 Å². The van der Waals surface area contributed by atoms with Gasteiger partial charge in [-0.1, -0.05) is 13.8 Å². The molecule has 0 aromatic heterocycles. The Bertz CT molecular complexity index is 576. The van der Waals surface area contributed by atoms with E-state index in [1.807, 2.05) is 13.8 Å². The average molecular weight is 298 g/mol. The first-order chi connectivity index (χ1) is 9.29. The third kappa shape index (κ3) is 4.31. The number of sulfonamides is 1. The predicted molar refractivity (Wildman–Crippen MR) is 79.0 cm³/mol. The molecule has 1 aromatic carbocycles. The lowest BCUT2D eigenvalue weighted by atomic mass is 10.1. The number of rotatable bonds is 6. The summed E-state index contributed by atoms with van der Waals surface area (Å²) < 4.78 is 22.9. The van der Waals surface area contributed by atoms with Gasteiger partial charge in [-0.05, 0) is 43.5 Å². The van der Waals surface area contributed by atoms with Gasteiger partial charge < -0.3 is 4.90 Å². The van der Waals surface area contributed by atoms with Crippen LogP contribution < -0.4 is 5.14 Å². The maximum Gasteiger partial charge on any atom is 0.253 e. The highest BCUT2D eigenvalue weighted by atomic mass is 32.2. The summed E-state index contributed by atoms with van der Waals surface area (Å²) in [5.41, 5.74) is 1.07. The monoisotopic (exact) mass is 298 g/mol. The molecule has 5 nitrogen and oxygen atoms in total. The van der Waals surface area contributed by atoms with Crippen LogP contribution in [0.1, 0.15) is 42.6 Å². The average Bonchev–Trinajstić information content (AvgIpc) is 2.36. The van der Waals surface area contributed by atoms with Gasteiger partial charge in [-0.25, -0.2) is 13.6 Å². The second-order valence-corrected chi connectivity index (χ2v) is 6.43. The van der Waals surface area contributed by atoms with E-state index in [0.29, 0.717) is 24.2 Å². The molecule has 0 aliphatic rings. The number of nitrogens with zero attached hydrogens (tertiary/aromatic N) is 1. The SMILES string of the molecule is CCCN(CCC)C(=O)c1cc(C)cc(S(N)(=O)=O)c1. The lowest BCUT2D eigenvalue weighted by Crippen LogP contribution is -2.32. The van der Waals surface area contributed by atoms with E-state index < -0.39 is 10.0 Å². The van der Waals surface area contributed by atoms with Gasteiger partial charge in [0, 0.05) is 18.7 Å². The van der Waals surface area contributed by atoms with Gasteiger partial charge in [-0.3, -0.25) is 4.79 Å². The summed E-state index contributed by atoms with van der Waals surface area (Å²) >= 11 is 0. The van der Waals surface area contributed by atoms with Crippen LogP contribution in [0.4, 0.5) is 0 Å². The van der Waals surface area contributed by atoms with Gasteiger partial charge in [0.05, 0.1) is 4.90 Å². The number of carbonyl (C=O) groups excluding carboxylic acids is 1. The van der Waals surface area contributed by atoms with E-state index in [9.17, 15) is 13.2 Å². The Morgan fingerprint density at radius 1 is 1.15 bits per heavy atom. The minimum absolute atomic E-state index is 0.0196. The van der Waals surface area contributed by atoms with Crippen LogP contribution in [-0.2, 0) is 10.0 Å². The molecule has 0 atom stereocenters. The van der Waals surface area contributed by atoms with Crippen molar-refractivity contribution < 1.29 is 13.2 Å². The Kier molecular flexibility index (Phi) is 5.71. The molecule has 0 spiro atoms. The summed E-state index contributed by atoms with van der Waals surface area (Å²) in [6.07, 6.45) is 1.72. The molecule has 6 heteroatoms. The molecular formula is C14H22N2O3S. The van der Waals surface area contributed by atoms with Crippen LogP contribution in [0.2, 0.25) is 0 Å². The lowest BCUT2D eigenvalue weighted by Gasteiger charge is -2.22. The van der Waals surface area contributed by atoms with Crippen LogP contribution in [-0.4, -0.2) is 32.3 Å². The molecule has 0 radical (unpaired) electrons. The number of carbonyl (C=O) groups is 1. The Morgan fingerprint density at radius 3 is 2.15 bits per heavy atom. The third-order valence-electron chi connectivity index (χ3n) is 2.90. The van der Waals surface area contributed by atoms with Crippen LogP contribution in [0.15, 0.2) is 23.1 Å². The Hall–Kier alpha value is -1.40. The van der Waals surface area contributed by atoms with Gasteiger partial charge >= 0.3 is 0 Å². The van der Waals surface area contributed by atoms with E-state index in [1.165, 1.54) is 12.1 Å². The fourth-order valence-corrected chi connectivity index (χ4v) is 2.71. The van der Waals surface area contributed by atoms with Crippen molar-refractivity contribution >= 4 is 15.9 Å².